The summed E-state index contributed by atoms with van der Waals surface area (Å²) in [6.45, 7) is 3.87. The van der Waals surface area contributed by atoms with Crippen molar-refractivity contribution in [2.75, 3.05) is 6.61 Å². The molecule has 0 N–H and O–H groups in total. The molecule has 0 saturated carbocycles. The number of furan rings is 1. The van der Waals surface area contributed by atoms with Crippen LogP contribution in [-0.2, 0) is 20.3 Å². The normalized spacial score (nSPS) is 11.5. The van der Waals surface area contributed by atoms with Gasteiger partial charge in [0.05, 0.1) is 17.3 Å². The Morgan fingerprint density at radius 2 is 1.68 bits per heavy atom. The molecule has 6 heteroatoms. The fourth-order valence-electron chi connectivity index (χ4n) is 3.48. The number of benzene rings is 3. The lowest BCUT2D eigenvalue weighted by molar-refractivity contribution is 0.0528. The van der Waals surface area contributed by atoms with Gasteiger partial charge in [0.25, 0.3) is 0 Å². The van der Waals surface area contributed by atoms with E-state index in [1.807, 2.05) is 37.3 Å². The molecule has 3 aromatic carbocycles. The van der Waals surface area contributed by atoms with Crippen LogP contribution in [0.4, 0.5) is 0 Å². The zero-order chi connectivity index (χ0) is 22.0. The lowest BCUT2D eigenvalue weighted by Crippen LogP contribution is -2.06. The van der Waals surface area contributed by atoms with Gasteiger partial charge in [0, 0.05) is 10.9 Å². The van der Waals surface area contributed by atoms with Crippen molar-refractivity contribution < 1.29 is 22.4 Å². The molecule has 0 fully saturated rings. The van der Waals surface area contributed by atoms with Gasteiger partial charge in [0.2, 0.25) is 0 Å². The Hall–Kier alpha value is -3.38. The van der Waals surface area contributed by atoms with E-state index in [1.165, 1.54) is 0 Å². The highest BCUT2D eigenvalue weighted by Crippen LogP contribution is 2.35. The number of sulfone groups is 1. The van der Waals surface area contributed by atoms with Gasteiger partial charge >= 0.3 is 5.97 Å². The van der Waals surface area contributed by atoms with Crippen molar-refractivity contribution in [2.24, 2.45) is 0 Å². The number of hydrogen-bond donors (Lipinski definition) is 0. The van der Waals surface area contributed by atoms with Crippen molar-refractivity contribution in [2.45, 2.75) is 24.5 Å². The maximum absolute atomic E-state index is 12.9. The summed E-state index contributed by atoms with van der Waals surface area (Å²) < 4.78 is 37.0. The molecule has 0 aliphatic carbocycles. The van der Waals surface area contributed by atoms with Crippen LogP contribution in [0.1, 0.15) is 28.4 Å². The third kappa shape index (κ3) is 4.25. The number of fused-ring (bicyclic) bond motifs is 1. The first-order chi connectivity index (χ1) is 14.9. The maximum atomic E-state index is 12.9. The molecule has 0 aliphatic heterocycles. The Balaban J connectivity index is 1.80. The van der Waals surface area contributed by atoms with Crippen LogP contribution in [0.15, 0.2) is 82.1 Å². The zero-order valence-corrected chi connectivity index (χ0v) is 18.1. The quantitative estimate of drug-likeness (QED) is 0.372. The Kier molecular flexibility index (Phi) is 5.65. The van der Waals surface area contributed by atoms with Gasteiger partial charge in [0.1, 0.15) is 16.9 Å². The van der Waals surface area contributed by atoms with Gasteiger partial charge in [-0.15, -0.1) is 0 Å². The van der Waals surface area contributed by atoms with Crippen molar-refractivity contribution in [3.8, 4) is 11.3 Å². The smallest absolute Gasteiger partial charge is 0.342 e. The van der Waals surface area contributed by atoms with Crippen molar-refractivity contribution in [3.63, 3.8) is 0 Å². The van der Waals surface area contributed by atoms with E-state index in [9.17, 15) is 13.2 Å². The number of carbonyl (C=O) groups is 1. The van der Waals surface area contributed by atoms with Crippen LogP contribution < -0.4 is 0 Å². The third-order valence-corrected chi connectivity index (χ3v) is 6.71. The second-order valence-electron chi connectivity index (χ2n) is 7.30. The van der Waals surface area contributed by atoms with Gasteiger partial charge in [-0.2, -0.15) is 0 Å². The van der Waals surface area contributed by atoms with E-state index in [1.54, 1.807) is 49.4 Å². The van der Waals surface area contributed by atoms with Crippen LogP contribution in [0, 0.1) is 6.92 Å². The molecule has 0 aliphatic rings. The molecule has 4 rings (SSSR count). The Morgan fingerprint density at radius 1 is 0.968 bits per heavy atom. The summed E-state index contributed by atoms with van der Waals surface area (Å²) in [7, 11) is -3.53. The lowest BCUT2D eigenvalue weighted by atomic mass is 10.0. The summed E-state index contributed by atoms with van der Waals surface area (Å²) in [6.07, 6.45) is 0. The average Bonchev–Trinajstić information content (AvgIpc) is 3.13. The van der Waals surface area contributed by atoms with Crippen molar-refractivity contribution >= 4 is 26.8 Å². The Labute approximate surface area is 181 Å². The van der Waals surface area contributed by atoms with Crippen molar-refractivity contribution in [1.82, 2.24) is 0 Å². The summed E-state index contributed by atoms with van der Waals surface area (Å²) in [6, 6.07) is 21.2. The summed E-state index contributed by atoms with van der Waals surface area (Å²) in [5, 5.41) is 0.536. The molecule has 0 radical (unpaired) electrons. The van der Waals surface area contributed by atoms with Gasteiger partial charge in [-0.05, 0) is 43.7 Å². The minimum absolute atomic E-state index is 0.180. The molecule has 0 saturated heterocycles. The SMILES string of the molecule is CCOC(=O)c1c(-c2ccccc2)oc2ccc(CS(=O)(=O)c3ccc(C)cc3)cc12. The van der Waals surface area contributed by atoms with Gasteiger partial charge in [-0.1, -0.05) is 54.1 Å². The maximum Gasteiger partial charge on any atom is 0.342 e. The largest absolute Gasteiger partial charge is 0.462 e. The number of esters is 1. The molecule has 5 nitrogen and oxygen atoms in total. The molecule has 0 unspecified atom stereocenters. The first-order valence-electron chi connectivity index (χ1n) is 9.96. The highest BCUT2D eigenvalue weighted by Gasteiger charge is 2.24. The van der Waals surface area contributed by atoms with Crippen LogP contribution in [0.25, 0.3) is 22.3 Å². The predicted octanol–water partition coefficient (Wildman–Crippen LogP) is 5.56. The molecule has 1 aromatic heterocycles. The first kappa shape index (κ1) is 20.9. The number of ether oxygens (including phenoxy) is 1. The molecule has 0 spiro atoms. The predicted molar refractivity (Wildman–Crippen MR) is 120 cm³/mol. The fourth-order valence-corrected chi connectivity index (χ4v) is 4.82. The van der Waals surface area contributed by atoms with Crippen LogP contribution >= 0.6 is 0 Å². The van der Waals surface area contributed by atoms with E-state index < -0.39 is 15.8 Å². The number of aryl methyl sites for hydroxylation is 1. The highest BCUT2D eigenvalue weighted by molar-refractivity contribution is 7.90. The number of hydrogen-bond acceptors (Lipinski definition) is 5. The standard InChI is InChI=1S/C25H22O5S/c1-3-29-25(26)23-21-15-18(16-31(27,28)20-12-9-17(2)10-13-20)11-14-22(21)30-24(23)19-7-5-4-6-8-19/h4-15H,3,16H2,1-2H3. The zero-order valence-electron chi connectivity index (χ0n) is 17.3. The molecule has 0 amide bonds. The Bertz CT molecular complexity index is 1330. The van der Waals surface area contributed by atoms with E-state index in [2.05, 4.69) is 0 Å². The lowest BCUT2D eigenvalue weighted by Gasteiger charge is -2.06. The molecule has 4 aromatic rings. The van der Waals surface area contributed by atoms with Crippen LogP contribution in [-0.4, -0.2) is 21.0 Å². The minimum Gasteiger partial charge on any atom is -0.462 e. The molecular weight excluding hydrogens is 412 g/mol. The summed E-state index contributed by atoms with van der Waals surface area (Å²) >= 11 is 0. The van der Waals surface area contributed by atoms with Gasteiger partial charge in [-0.3, -0.25) is 0 Å². The van der Waals surface area contributed by atoms with Crippen molar-refractivity contribution in [3.05, 3.63) is 89.5 Å². The van der Waals surface area contributed by atoms with Gasteiger partial charge in [-0.25, -0.2) is 13.2 Å². The van der Waals surface area contributed by atoms with Crippen LogP contribution in [0.5, 0.6) is 0 Å². The monoisotopic (exact) mass is 434 g/mol. The summed E-state index contributed by atoms with van der Waals surface area (Å²) in [4.78, 5) is 13.0. The highest BCUT2D eigenvalue weighted by atomic mass is 32.2. The van der Waals surface area contributed by atoms with E-state index in [4.69, 9.17) is 9.15 Å². The molecule has 0 atom stereocenters. The van der Waals surface area contributed by atoms with Gasteiger partial charge < -0.3 is 9.15 Å². The van der Waals surface area contributed by atoms with E-state index in [-0.39, 0.29) is 17.3 Å². The van der Waals surface area contributed by atoms with Gasteiger partial charge in [0.15, 0.2) is 9.84 Å². The summed E-state index contributed by atoms with van der Waals surface area (Å²) in [5.41, 5.74) is 3.11. The Morgan fingerprint density at radius 3 is 2.35 bits per heavy atom. The molecular formula is C25H22O5S. The second-order valence-corrected chi connectivity index (χ2v) is 9.28. The fraction of sp³-hybridized carbons (Fsp3) is 0.160. The molecule has 158 valence electrons. The molecule has 31 heavy (non-hydrogen) atoms. The number of rotatable bonds is 6. The average molecular weight is 435 g/mol. The van der Waals surface area contributed by atoms with E-state index in [0.29, 0.717) is 27.9 Å². The first-order valence-corrected chi connectivity index (χ1v) is 11.6. The summed E-state index contributed by atoms with van der Waals surface area (Å²) in [5.74, 6) is -0.272. The van der Waals surface area contributed by atoms with E-state index in [0.717, 1.165) is 11.1 Å². The second kappa shape index (κ2) is 8.40. The van der Waals surface area contributed by atoms with Crippen molar-refractivity contribution in [1.29, 1.82) is 0 Å². The topological polar surface area (TPSA) is 73.6 Å². The van der Waals surface area contributed by atoms with Crippen LogP contribution in [0.3, 0.4) is 0 Å². The molecule has 1 heterocycles. The minimum atomic E-state index is -3.53. The van der Waals surface area contributed by atoms with E-state index >= 15 is 0 Å². The number of carbonyl (C=O) groups excluding carboxylic acids is 1. The molecule has 0 bridgehead atoms. The van der Waals surface area contributed by atoms with Crippen LogP contribution in [0.2, 0.25) is 0 Å². The third-order valence-electron chi connectivity index (χ3n) is 5.00.